The summed E-state index contributed by atoms with van der Waals surface area (Å²) in [6.07, 6.45) is 0.843. The van der Waals surface area contributed by atoms with Crippen molar-refractivity contribution < 1.29 is 22.7 Å². The van der Waals surface area contributed by atoms with Gasteiger partial charge in [-0.05, 0) is 36.8 Å². The minimum atomic E-state index is -3.54. The first kappa shape index (κ1) is 21.1. The molecule has 0 bridgehead atoms. The summed E-state index contributed by atoms with van der Waals surface area (Å²) >= 11 is 0. The van der Waals surface area contributed by atoms with E-state index in [4.69, 9.17) is 9.47 Å². The Hall–Kier alpha value is -3.18. The lowest BCUT2D eigenvalue weighted by atomic mass is 10.2. The third kappa shape index (κ3) is 4.47. The molecular weight excluding hydrogens is 422 g/mol. The van der Waals surface area contributed by atoms with E-state index >= 15 is 0 Å². The van der Waals surface area contributed by atoms with Crippen molar-refractivity contribution in [2.45, 2.75) is 24.3 Å². The molecular formula is C20H23N5O5S. The summed E-state index contributed by atoms with van der Waals surface area (Å²) in [6, 6.07) is 10.0. The summed E-state index contributed by atoms with van der Waals surface area (Å²) in [5.41, 5.74) is 1.85. The highest BCUT2D eigenvalue weighted by Gasteiger charge is 2.19. The van der Waals surface area contributed by atoms with Crippen molar-refractivity contribution in [1.29, 1.82) is 0 Å². The fraction of sp³-hybridized carbons (Fsp3) is 0.350. The topological polar surface area (TPSA) is 116 Å². The fourth-order valence-corrected chi connectivity index (χ4v) is 4.14. The van der Waals surface area contributed by atoms with Crippen LogP contribution in [0.3, 0.4) is 0 Å². The van der Waals surface area contributed by atoms with Gasteiger partial charge in [-0.1, -0.05) is 5.21 Å². The van der Waals surface area contributed by atoms with Crippen LogP contribution >= 0.6 is 0 Å². The summed E-state index contributed by atoms with van der Waals surface area (Å²) in [4.78, 5) is 12.5. The molecule has 0 unspecified atom stereocenters. The number of amides is 1. The van der Waals surface area contributed by atoms with Gasteiger partial charge in [-0.15, -0.1) is 5.10 Å². The number of anilines is 1. The van der Waals surface area contributed by atoms with Crippen LogP contribution in [0.2, 0.25) is 0 Å². The molecule has 0 spiro atoms. The van der Waals surface area contributed by atoms with Crippen molar-refractivity contribution in [3.63, 3.8) is 0 Å². The monoisotopic (exact) mass is 445 g/mol. The third-order valence-corrected chi connectivity index (χ3v) is 6.67. The number of benzene rings is 2. The second-order valence-electron chi connectivity index (χ2n) is 7.26. The molecule has 3 aromatic rings. The number of aryl methyl sites for hydroxylation is 1. The molecule has 0 aliphatic carbocycles. The van der Waals surface area contributed by atoms with E-state index in [1.54, 1.807) is 28.9 Å². The zero-order chi connectivity index (χ0) is 22.0. The van der Waals surface area contributed by atoms with Crippen LogP contribution in [0.5, 0.6) is 11.5 Å². The zero-order valence-electron chi connectivity index (χ0n) is 17.2. The lowest BCUT2D eigenvalue weighted by Gasteiger charge is -2.19. The van der Waals surface area contributed by atoms with Gasteiger partial charge in [0, 0.05) is 38.8 Å². The Balaban J connectivity index is 1.35. The van der Waals surface area contributed by atoms with Gasteiger partial charge in [0.1, 0.15) is 18.7 Å². The number of carbonyl (C=O) groups excluding carboxylic acids is 1. The Kier molecular flexibility index (Phi) is 5.79. The predicted molar refractivity (Wildman–Crippen MR) is 114 cm³/mol. The van der Waals surface area contributed by atoms with Crippen LogP contribution in [-0.4, -0.2) is 60.9 Å². The molecule has 1 aliphatic heterocycles. The molecule has 1 amide bonds. The second kappa shape index (κ2) is 8.52. The first-order chi connectivity index (χ1) is 14.8. The zero-order valence-corrected chi connectivity index (χ0v) is 18.1. The molecule has 1 aromatic heterocycles. The molecule has 2 heterocycles. The summed E-state index contributed by atoms with van der Waals surface area (Å²) < 4.78 is 38.4. The van der Waals surface area contributed by atoms with Gasteiger partial charge in [0.25, 0.3) is 0 Å². The van der Waals surface area contributed by atoms with Gasteiger partial charge < -0.3 is 14.8 Å². The first-order valence-electron chi connectivity index (χ1n) is 9.80. The highest BCUT2D eigenvalue weighted by Crippen LogP contribution is 2.32. The number of aromatic nitrogens is 3. The van der Waals surface area contributed by atoms with Crippen molar-refractivity contribution in [3.8, 4) is 11.5 Å². The van der Waals surface area contributed by atoms with E-state index in [0.717, 1.165) is 4.31 Å². The quantitative estimate of drug-likeness (QED) is 0.590. The highest BCUT2D eigenvalue weighted by atomic mass is 32.2. The van der Waals surface area contributed by atoms with E-state index < -0.39 is 10.0 Å². The summed E-state index contributed by atoms with van der Waals surface area (Å²) in [7, 11) is -0.579. The SMILES string of the molecule is CN(C)S(=O)(=O)c1ccc2c(c1)nnn2CCCC(=O)Nc1ccc2c(c1)OCCO2. The Labute approximate surface area is 179 Å². The van der Waals surface area contributed by atoms with Crippen LogP contribution in [-0.2, 0) is 21.4 Å². The average Bonchev–Trinajstić information content (AvgIpc) is 3.16. The molecule has 164 valence electrons. The largest absolute Gasteiger partial charge is 0.486 e. The number of carbonyl (C=O) groups is 1. The minimum absolute atomic E-state index is 0.125. The van der Waals surface area contributed by atoms with E-state index in [0.29, 0.717) is 60.8 Å². The Morgan fingerprint density at radius 3 is 2.68 bits per heavy atom. The number of hydrogen-bond acceptors (Lipinski definition) is 7. The molecule has 0 saturated carbocycles. The number of hydrogen-bond donors (Lipinski definition) is 1. The van der Waals surface area contributed by atoms with Crippen LogP contribution < -0.4 is 14.8 Å². The molecule has 0 radical (unpaired) electrons. The molecule has 1 N–H and O–H groups in total. The van der Waals surface area contributed by atoms with Gasteiger partial charge >= 0.3 is 0 Å². The van der Waals surface area contributed by atoms with Crippen LogP contribution in [0, 0.1) is 0 Å². The fourth-order valence-electron chi connectivity index (χ4n) is 3.22. The number of nitrogens with one attached hydrogen (secondary N) is 1. The maximum absolute atomic E-state index is 12.3. The first-order valence-corrected chi connectivity index (χ1v) is 11.2. The standard InChI is InChI=1S/C20H23N5O5S/c1-24(2)31(27,28)15-6-7-17-16(13-15)22-23-25(17)9-3-4-20(26)21-14-5-8-18-19(12-14)30-11-10-29-18/h5-8,12-13H,3-4,9-11H2,1-2H3,(H,21,26). The van der Waals surface area contributed by atoms with E-state index in [2.05, 4.69) is 15.6 Å². The predicted octanol–water partition coefficient (Wildman–Crippen LogP) is 1.87. The van der Waals surface area contributed by atoms with Crippen LogP contribution in [0.15, 0.2) is 41.3 Å². The second-order valence-corrected chi connectivity index (χ2v) is 9.41. The smallest absolute Gasteiger partial charge is 0.242 e. The van der Waals surface area contributed by atoms with Gasteiger partial charge in [0.2, 0.25) is 15.9 Å². The Morgan fingerprint density at radius 1 is 1.13 bits per heavy atom. The Morgan fingerprint density at radius 2 is 1.90 bits per heavy atom. The van der Waals surface area contributed by atoms with Crippen LogP contribution in [0.1, 0.15) is 12.8 Å². The van der Waals surface area contributed by atoms with Crippen LogP contribution in [0.4, 0.5) is 5.69 Å². The molecule has 0 atom stereocenters. The molecule has 31 heavy (non-hydrogen) atoms. The van der Waals surface area contributed by atoms with Crippen LogP contribution in [0.25, 0.3) is 11.0 Å². The average molecular weight is 446 g/mol. The molecule has 11 heteroatoms. The lowest BCUT2D eigenvalue weighted by Crippen LogP contribution is -2.22. The molecule has 4 rings (SSSR count). The van der Waals surface area contributed by atoms with E-state index in [-0.39, 0.29) is 10.8 Å². The molecule has 1 aliphatic rings. The minimum Gasteiger partial charge on any atom is -0.486 e. The number of rotatable bonds is 7. The van der Waals surface area contributed by atoms with Gasteiger partial charge in [0.15, 0.2) is 11.5 Å². The highest BCUT2D eigenvalue weighted by molar-refractivity contribution is 7.89. The van der Waals surface area contributed by atoms with Crippen molar-refractivity contribution in [2.75, 3.05) is 32.6 Å². The van der Waals surface area contributed by atoms with Crippen molar-refractivity contribution in [2.24, 2.45) is 0 Å². The van der Waals surface area contributed by atoms with Crippen molar-refractivity contribution in [3.05, 3.63) is 36.4 Å². The van der Waals surface area contributed by atoms with E-state index in [9.17, 15) is 13.2 Å². The maximum atomic E-state index is 12.3. The van der Waals surface area contributed by atoms with Gasteiger partial charge in [-0.3, -0.25) is 4.79 Å². The summed E-state index contributed by atoms with van der Waals surface area (Å²) in [5, 5.41) is 11.0. The maximum Gasteiger partial charge on any atom is 0.242 e. The van der Waals surface area contributed by atoms with Gasteiger partial charge in [0.05, 0.1) is 10.4 Å². The molecule has 0 saturated heterocycles. The summed E-state index contributed by atoms with van der Waals surface area (Å²) in [6.45, 7) is 1.48. The number of sulfonamides is 1. The molecule has 0 fully saturated rings. The van der Waals surface area contributed by atoms with Crippen molar-refractivity contribution in [1.82, 2.24) is 19.3 Å². The number of ether oxygens (including phenoxy) is 2. The molecule has 10 nitrogen and oxygen atoms in total. The van der Waals surface area contributed by atoms with E-state index in [1.807, 2.05) is 0 Å². The third-order valence-electron chi connectivity index (χ3n) is 4.86. The number of fused-ring (bicyclic) bond motifs is 2. The van der Waals surface area contributed by atoms with Gasteiger partial charge in [-0.25, -0.2) is 17.4 Å². The van der Waals surface area contributed by atoms with Gasteiger partial charge in [-0.2, -0.15) is 0 Å². The summed E-state index contributed by atoms with van der Waals surface area (Å²) in [5.74, 6) is 1.16. The number of nitrogens with zero attached hydrogens (tertiary/aromatic N) is 4. The lowest BCUT2D eigenvalue weighted by molar-refractivity contribution is -0.116. The van der Waals surface area contributed by atoms with E-state index in [1.165, 1.54) is 26.2 Å². The molecule has 2 aromatic carbocycles. The normalized spacial score (nSPS) is 13.5. The van der Waals surface area contributed by atoms with Crippen molar-refractivity contribution >= 4 is 32.7 Å². The Bertz CT molecular complexity index is 1220.